The molecule has 0 bridgehead atoms. The lowest BCUT2D eigenvalue weighted by molar-refractivity contribution is -0.108. The van der Waals surface area contributed by atoms with Crippen LogP contribution >= 0.6 is 0 Å². The Labute approximate surface area is 49.3 Å². The van der Waals surface area contributed by atoms with Crippen molar-refractivity contribution in [2.45, 2.75) is 6.42 Å². The van der Waals surface area contributed by atoms with E-state index in [1.165, 1.54) is 0 Å². The van der Waals surface area contributed by atoms with Crippen LogP contribution in [0, 0.1) is 0 Å². The summed E-state index contributed by atoms with van der Waals surface area (Å²) in [4.78, 5) is 9.53. The minimum Gasteiger partial charge on any atom is -0.303 e. The molecule has 1 N–H and O–H groups in total. The van der Waals surface area contributed by atoms with E-state index in [2.05, 4.69) is 4.18 Å². The van der Waals surface area contributed by atoms with E-state index in [1.807, 2.05) is 0 Å². The maximum atomic E-state index is 9.65. The average Bonchev–Trinajstić information content (AvgIpc) is 1.66. The number of aldehydes is 1. The van der Waals surface area contributed by atoms with E-state index in [0.717, 1.165) is 0 Å². The van der Waals surface area contributed by atoms with Crippen molar-refractivity contribution in [3.8, 4) is 0 Å². The molecule has 48 valence electrons. The van der Waals surface area contributed by atoms with Crippen LogP contribution in [0.5, 0.6) is 0 Å². The minimum absolute atomic E-state index is 0.00656. The Morgan fingerprint density at radius 2 is 2.38 bits per heavy atom. The zero-order chi connectivity index (χ0) is 6.41. The van der Waals surface area contributed by atoms with Crippen molar-refractivity contribution < 1.29 is 17.7 Å². The summed E-state index contributed by atoms with van der Waals surface area (Å²) in [5.41, 5.74) is 0. The predicted molar refractivity (Wildman–Crippen MR) is 27.4 cm³/mol. The lowest BCUT2D eigenvalue weighted by Gasteiger charge is -1.89. The van der Waals surface area contributed by atoms with Gasteiger partial charge in [0.05, 0.1) is 6.61 Å². The van der Waals surface area contributed by atoms with Crippen molar-refractivity contribution in [1.82, 2.24) is 0 Å². The molecule has 0 aliphatic rings. The smallest absolute Gasteiger partial charge is 0.301 e. The molecule has 0 aromatic heterocycles. The van der Waals surface area contributed by atoms with Gasteiger partial charge < -0.3 is 4.79 Å². The third-order valence-corrected chi connectivity index (χ3v) is 0.788. The standard InChI is InChI=1S/C3H6O4S/c4-2-1-3-7-8(5)6/h2H,1,3H2,(H,5,6). The molecule has 0 amide bonds. The second-order valence-corrected chi connectivity index (χ2v) is 1.66. The number of carbonyl (C=O) groups excluding carboxylic acids is 1. The Hall–Kier alpha value is -0.260. The Balaban J connectivity index is 2.93. The molecule has 5 heteroatoms. The predicted octanol–water partition coefficient (Wildman–Crippen LogP) is -0.271. The lowest BCUT2D eigenvalue weighted by Crippen LogP contribution is -1.96. The fourth-order valence-electron chi connectivity index (χ4n) is 0.168. The Kier molecular flexibility index (Phi) is 4.73. The zero-order valence-electron chi connectivity index (χ0n) is 4.07. The quantitative estimate of drug-likeness (QED) is 0.330. The van der Waals surface area contributed by atoms with Crippen LogP contribution in [0.25, 0.3) is 0 Å². The van der Waals surface area contributed by atoms with Gasteiger partial charge in [0, 0.05) is 6.42 Å². The number of hydrogen-bond donors (Lipinski definition) is 1. The summed E-state index contributed by atoms with van der Waals surface area (Å²) in [7, 11) is 0. The van der Waals surface area contributed by atoms with Crippen LogP contribution < -0.4 is 0 Å². The molecule has 0 spiro atoms. The largest absolute Gasteiger partial charge is 0.303 e. The summed E-state index contributed by atoms with van der Waals surface area (Å²) < 4.78 is 21.6. The van der Waals surface area contributed by atoms with E-state index in [9.17, 15) is 9.00 Å². The fourth-order valence-corrected chi connectivity index (χ4v) is 0.406. The first kappa shape index (κ1) is 7.74. The zero-order valence-corrected chi connectivity index (χ0v) is 4.89. The monoisotopic (exact) mass is 138 g/mol. The van der Waals surface area contributed by atoms with Gasteiger partial charge in [0.25, 0.3) is 0 Å². The van der Waals surface area contributed by atoms with Crippen LogP contribution in [0.1, 0.15) is 6.42 Å². The SMILES string of the molecule is O=CCCOS(=O)O. The first-order valence-electron chi connectivity index (χ1n) is 1.95. The summed E-state index contributed by atoms with van der Waals surface area (Å²) in [6.45, 7) is 0.00656. The first-order valence-corrected chi connectivity index (χ1v) is 2.98. The molecule has 0 saturated carbocycles. The fraction of sp³-hybridized carbons (Fsp3) is 0.667. The van der Waals surface area contributed by atoms with Gasteiger partial charge in [-0.2, -0.15) is 4.21 Å². The van der Waals surface area contributed by atoms with E-state index in [-0.39, 0.29) is 13.0 Å². The van der Waals surface area contributed by atoms with Crippen LogP contribution in [-0.4, -0.2) is 21.7 Å². The van der Waals surface area contributed by atoms with E-state index >= 15 is 0 Å². The molecule has 0 heterocycles. The van der Waals surface area contributed by atoms with Gasteiger partial charge in [-0.3, -0.25) is 8.74 Å². The summed E-state index contributed by atoms with van der Waals surface area (Å²) in [5, 5.41) is 0. The first-order chi connectivity index (χ1) is 3.77. The molecule has 0 rings (SSSR count). The molecule has 0 aliphatic carbocycles. The molecule has 0 fully saturated rings. The van der Waals surface area contributed by atoms with Gasteiger partial charge in [0.2, 0.25) is 0 Å². The molecule has 0 aromatic rings. The maximum absolute atomic E-state index is 9.65. The molecule has 0 aromatic carbocycles. The molecular formula is C3H6O4S. The highest BCUT2D eigenvalue weighted by molar-refractivity contribution is 7.74. The highest BCUT2D eigenvalue weighted by atomic mass is 32.2. The molecule has 4 nitrogen and oxygen atoms in total. The summed E-state index contributed by atoms with van der Waals surface area (Å²) in [6.07, 6.45) is 0.777. The second-order valence-electron chi connectivity index (χ2n) is 0.994. The van der Waals surface area contributed by atoms with E-state index in [0.29, 0.717) is 6.29 Å². The molecule has 0 radical (unpaired) electrons. The van der Waals surface area contributed by atoms with Crippen LogP contribution in [0.2, 0.25) is 0 Å². The summed E-state index contributed by atoms with van der Waals surface area (Å²) in [5.74, 6) is 0. The average molecular weight is 138 g/mol. The van der Waals surface area contributed by atoms with Crippen molar-refractivity contribution in [2.75, 3.05) is 6.61 Å². The van der Waals surface area contributed by atoms with Crippen LogP contribution in [0.15, 0.2) is 0 Å². The van der Waals surface area contributed by atoms with Crippen LogP contribution in [-0.2, 0) is 20.3 Å². The molecule has 0 aliphatic heterocycles. The van der Waals surface area contributed by atoms with E-state index < -0.39 is 11.4 Å². The van der Waals surface area contributed by atoms with E-state index in [4.69, 9.17) is 4.55 Å². The minimum atomic E-state index is -2.23. The molecule has 1 unspecified atom stereocenters. The lowest BCUT2D eigenvalue weighted by atomic mass is 10.5. The maximum Gasteiger partial charge on any atom is 0.301 e. The van der Waals surface area contributed by atoms with Crippen molar-refractivity contribution in [3.63, 3.8) is 0 Å². The molecular weight excluding hydrogens is 132 g/mol. The number of rotatable bonds is 4. The Morgan fingerprint density at radius 3 is 2.75 bits per heavy atom. The van der Waals surface area contributed by atoms with Gasteiger partial charge >= 0.3 is 11.4 Å². The van der Waals surface area contributed by atoms with Crippen LogP contribution in [0.4, 0.5) is 0 Å². The van der Waals surface area contributed by atoms with Gasteiger partial charge in [-0.15, -0.1) is 0 Å². The van der Waals surface area contributed by atoms with Gasteiger partial charge in [-0.25, -0.2) is 0 Å². The van der Waals surface area contributed by atoms with Crippen molar-refractivity contribution >= 4 is 17.6 Å². The number of hydrogen-bond acceptors (Lipinski definition) is 3. The van der Waals surface area contributed by atoms with Crippen LogP contribution in [0.3, 0.4) is 0 Å². The van der Waals surface area contributed by atoms with Crippen molar-refractivity contribution in [2.24, 2.45) is 0 Å². The van der Waals surface area contributed by atoms with Gasteiger partial charge in [-0.05, 0) is 0 Å². The highest BCUT2D eigenvalue weighted by Crippen LogP contribution is 1.79. The Morgan fingerprint density at radius 1 is 1.75 bits per heavy atom. The van der Waals surface area contributed by atoms with Crippen molar-refractivity contribution in [3.05, 3.63) is 0 Å². The highest BCUT2D eigenvalue weighted by Gasteiger charge is 1.89. The molecule has 0 saturated heterocycles. The second kappa shape index (κ2) is 4.89. The molecule has 8 heavy (non-hydrogen) atoms. The van der Waals surface area contributed by atoms with Gasteiger partial charge in [0.15, 0.2) is 0 Å². The molecule has 1 atom stereocenters. The Bertz CT molecular complexity index is 91.3. The summed E-state index contributed by atoms with van der Waals surface area (Å²) in [6, 6.07) is 0. The third kappa shape index (κ3) is 5.74. The number of carbonyl (C=O) groups is 1. The van der Waals surface area contributed by atoms with Gasteiger partial charge in [0.1, 0.15) is 6.29 Å². The topological polar surface area (TPSA) is 63.6 Å². The normalized spacial score (nSPS) is 13.1. The summed E-state index contributed by atoms with van der Waals surface area (Å²) >= 11 is -2.23. The van der Waals surface area contributed by atoms with Gasteiger partial charge in [-0.1, -0.05) is 0 Å². The third-order valence-electron chi connectivity index (χ3n) is 0.420. The van der Waals surface area contributed by atoms with Crippen molar-refractivity contribution in [1.29, 1.82) is 0 Å². The van der Waals surface area contributed by atoms with E-state index in [1.54, 1.807) is 0 Å².